The summed E-state index contributed by atoms with van der Waals surface area (Å²) in [5, 5.41) is 2.92. The van der Waals surface area contributed by atoms with Crippen LogP contribution >= 0.6 is 11.3 Å². The molecule has 0 bridgehead atoms. The lowest BCUT2D eigenvalue weighted by atomic mass is 10.2. The maximum atomic E-state index is 12.3. The van der Waals surface area contributed by atoms with Crippen molar-refractivity contribution < 1.29 is 8.42 Å². The number of benzene rings is 1. The molecular weight excluding hydrogens is 296 g/mol. The maximum Gasteiger partial charge on any atom is 0.281 e. The molecule has 2 heterocycles. The Morgan fingerprint density at radius 1 is 1.35 bits per heavy atom. The van der Waals surface area contributed by atoms with E-state index in [0.717, 1.165) is 10.1 Å². The summed E-state index contributed by atoms with van der Waals surface area (Å²) in [5.74, 6) is -0.0170. The van der Waals surface area contributed by atoms with E-state index in [-0.39, 0.29) is 10.8 Å². The summed E-state index contributed by atoms with van der Waals surface area (Å²) < 4.78 is 29.7. The second-order valence-corrected chi connectivity index (χ2v) is 6.87. The molecule has 2 aromatic heterocycles. The molecule has 0 saturated carbocycles. The smallest absolute Gasteiger partial charge is 0.281 e. The van der Waals surface area contributed by atoms with Gasteiger partial charge in [-0.3, -0.25) is 4.72 Å². The fourth-order valence-corrected chi connectivity index (χ4v) is 4.06. The van der Waals surface area contributed by atoms with Crippen molar-refractivity contribution in [3.63, 3.8) is 0 Å². The van der Waals surface area contributed by atoms with Gasteiger partial charge < -0.3 is 10.3 Å². The minimum Gasteiger partial charge on any atom is -0.381 e. The fraction of sp³-hybridized carbons (Fsp3) is 0.0833. The van der Waals surface area contributed by atoms with Gasteiger partial charge in [0.05, 0.1) is 6.33 Å². The van der Waals surface area contributed by atoms with E-state index in [9.17, 15) is 8.42 Å². The summed E-state index contributed by atoms with van der Waals surface area (Å²) in [6.45, 7) is 0. The van der Waals surface area contributed by atoms with Gasteiger partial charge in [0.15, 0.2) is 10.8 Å². The normalized spacial score (nSPS) is 11.8. The highest BCUT2D eigenvalue weighted by Gasteiger charge is 2.22. The molecule has 0 amide bonds. The first kappa shape index (κ1) is 12.9. The molecular formula is C12H12N4O2S2. The summed E-state index contributed by atoms with van der Waals surface area (Å²) >= 11 is 1.61. The largest absolute Gasteiger partial charge is 0.381 e. The first-order valence-corrected chi connectivity index (χ1v) is 8.10. The minimum absolute atomic E-state index is 0.0170. The molecule has 0 spiro atoms. The molecule has 0 saturated heterocycles. The van der Waals surface area contributed by atoms with E-state index < -0.39 is 10.0 Å². The number of aromatic nitrogens is 2. The van der Waals surface area contributed by atoms with Crippen LogP contribution in [0.4, 0.5) is 11.5 Å². The standard InChI is InChI=1S/C12H12N4O2S2/c1-16-7-14-11(13)12(16)20(17,18)15-9-2-3-10-8(6-9)4-5-19-10/h2-7,15H,13H2,1H3. The van der Waals surface area contributed by atoms with Gasteiger partial charge >= 0.3 is 0 Å². The Morgan fingerprint density at radius 2 is 2.15 bits per heavy atom. The van der Waals surface area contributed by atoms with Crippen molar-refractivity contribution in [3.05, 3.63) is 36.0 Å². The number of nitrogens with one attached hydrogen (secondary N) is 1. The van der Waals surface area contributed by atoms with Gasteiger partial charge in [-0.15, -0.1) is 11.3 Å². The molecule has 8 heteroatoms. The molecule has 6 nitrogen and oxygen atoms in total. The van der Waals surface area contributed by atoms with Crippen molar-refractivity contribution >= 4 is 43.0 Å². The van der Waals surface area contributed by atoms with Crippen LogP contribution in [-0.4, -0.2) is 18.0 Å². The Labute approximate surface area is 119 Å². The lowest BCUT2D eigenvalue weighted by Gasteiger charge is -2.09. The number of aryl methyl sites for hydroxylation is 1. The Balaban J connectivity index is 2.01. The van der Waals surface area contributed by atoms with Crippen LogP contribution in [0.3, 0.4) is 0 Å². The molecule has 3 N–H and O–H groups in total. The van der Waals surface area contributed by atoms with E-state index in [4.69, 9.17) is 5.73 Å². The number of imidazole rings is 1. The number of hydrogen-bond donors (Lipinski definition) is 2. The van der Waals surface area contributed by atoms with Crippen molar-refractivity contribution in [3.8, 4) is 0 Å². The third-order valence-electron chi connectivity index (χ3n) is 2.87. The lowest BCUT2D eigenvalue weighted by molar-refractivity contribution is 0.592. The van der Waals surface area contributed by atoms with Crippen LogP contribution in [0, 0.1) is 0 Å². The summed E-state index contributed by atoms with van der Waals surface area (Å²) in [7, 11) is -2.17. The average molecular weight is 308 g/mol. The van der Waals surface area contributed by atoms with Crippen LogP contribution < -0.4 is 10.5 Å². The van der Waals surface area contributed by atoms with Crippen molar-refractivity contribution in [2.75, 3.05) is 10.5 Å². The van der Waals surface area contributed by atoms with Gasteiger partial charge in [-0.05, 0) is 35.0 Å². The molecule has 0 aliphatic rings. The van der Waals surface area contributed by atoms with Crippen LogP contribution in [0.2, 0.25) is 0 Å². The second-order valence-electron chi connectivity index (χ2n) is 4.32. The molecule has 0 atom stereocenters. The predicted molar refractivity (Wildman–Crippen MR) is 80.3 cm³/mol. The van der Waals surface area contributed by atoms with Crippen LogP contribution in [-0.2, 0) is 17.1 Å². The Kier molecular flexibility index (Phi) is 2.91. The summed E-state index contributed by atoms with van der Waals surface area (Å²) in [6, 6.07) is 7.33. The third kappa shape index (κ3) is 2.12. The average Bonchev–Trinajstić information content (AvgIpc) is 2.95. The Morgan fingerprint density at radius 3 is 2.85 bits per heavy atom. The second kappa shape index (κ2) is 4.50. The van der Waals surface area contributed by atoms with Gasteiger partial charge in [-0.1, -0.05) is 0 Å². The van der Waals surface area contributed by atoms with E-state index in [0.29, 0.717) is 5.69 Å². The quantitative estimate of drug-likeness (QED) is 0.774. The number of nitrogens with zero attached hydrogens (tertiary/aromatic N) is 2. The van der Waals surface area contributed by atoms with Crippen molar-refractivity contribution in [1.82, 2.24) is 9.55 Å². The van der Waals surface area contributed by atoms with Gasteiger partial charge in [0.2, 0.25) is 0 Å². The van der Waals surface area contributed by atoms with Gasteiger partial charge in [-0.2, -0.15) is 8.42 Å². The molecule has 3 rings (SSSR count). The highest BCUT2D eigenvalue weighted by atomic mass is 32.2. The first-order valence-electron chi connectivity index (χ1n) is 5.74. The Hall–Kier alpha value is -2.06. The molecule has 0 aliphatic carbocycles. The SMILES string of the molecule is Cn1cnc(N)c1S(=O)(=O)Nc1ccc2sccc2c1. The minimum atomic E-state index is -3.75. The summed E-state index contributed by atoms with van der Waals surface area (Å²) in [4.78, 5) is 3.79. The van der Waals surface area contributed by atoms with Crippen LogP contribution in [0.25, 0.3) is 10.1 Å². The molecule has 20 heavy (non-hydrogen) atoms. The first-order chi connectivity index (χ1) is 9.47. The number of nitrogen functional groups attached to an aromatic ring is 1. The van der Waals surface area contributed by atoms with Gasteiger partial charge in [-0.25, -0.2) is 4.98 Å². The number of sulfonamides is 1. The van der Waals surface area contributed by atoms with E-state index in [1.54, 1.807) is 30.5 Å². The number of nitrogens with two attached hydrogens (primary N) is 1. The van der Waals surface area contributed by atoms with Gasteiger partial charge in [0.1, 0.15) is 0 Å². The number of fused-ring (bicyclic) bond motifs is 1. The van der Waals surface area contributed by atoms with E-state index in [2.05, 4.69) is 9.71 Å². The monoisotopic (exact) mass is 308 g/mol. The molecule has 0 aliphatic heterocycles. The topological polar surface area (TPSA) is 90.0 Å². The predicted octanol–water partition coefficient (Wildman–Crippen LogP) is 2.02. The molecule has 0 unspecified atom stereocenters. The van der Waals surface area contributed by atoms with Crippen molar-refractivity contribution in [2.45, 2.75) is 5.03 Å². The van der Waals surface area contributed by atoms with E-state index >= 15 is 0 Å². The summed E-state index contributed by atoms with van der Waals surface area (Å²) in [5.41, 5.74) is 6.10. The van der Waals surface area contributed by atoms with Crippen molar-refractivity contribution in [1.29, 1.82) is 0 Å². The highest BCUT2D eigenvalue weighted by molar-refractivity contribution is 7.92. The lowest BCUT2D eigenvalue weighted by Crippen LogP contribution is -2.17. The molecule has 3 aromatic rings. The van der Waals surface area contributed by atoms with Crippen LogP contribution in [0.1, 0.15) is 0 Å². The number of anilines is 2. The molecule has 0 fully saturated rings. The molecule has 0 radical (unpaired) electrons. The van der Waals surface area contributed by atoms with Crippen LogP contribution in [0.15, 0.2) is 41.0 Å². The third-order valence-corrected chi connectivity index (χ3v) is 5.28. The summed E-state index contributed by atoms with van der Waals surface area (Å²) in [6.07, 6.45) is 1.37. The van der Waals surface area contributed by atoms with Crippen molar-refractivity contribution in [2.24, 2.45) is 7.05 Å². The highest BCUT2D eigenvalue weighted by Crippen LogP contribution is 2.26. The fourth-order valence-electron chi connectivity index (χ4n) is 2.00. The number of thiophene rings is 1. The maximum absolute atomic E-state index is 12.3. The van der Waals surface area contributed by atoms with Crippen LogP contribution in [0.5, 0.6) is 0 Å². The van der Waals surface area contributed by atoms with Gasteiger partial charge in [0.25, 0.3) is 10.0 Å². The number of hydrogen-bond acceptors (Lipinski definition) is 5. The van der Waals surface area contributed by atoms with E-state index in [1.165, 1.54) is 10.9 Å². The Bertz CT molecular complexity index is 860. The zero-order chi connectivity index (χ0) is 14.3. The number of rotatable bonds is 3. The zero-order valence-electron chi connectivity index (χ0n) is 10.6. The zero-order valence-corrected chi connectivity index (χ0v) is 12.2. The van der Waals surface area contributed by atoms with Gasteiger partial charge in [0, 0.05) is 17.4 Å². The molecule has 104 valence electrons. The van der Waals surface area contributed by atoms with E-state index in [1.807, 2.05) is 17.5 Å². The molecule has 1 aromatic carbocycles.